The van der Waals surface area contributed by atoms with Crippen LogP contribution < -0.4 is 0 Å². The Labute approximate surface area is 106 Å². The summed E-state index contributed by atoms with van der Waals surface area (Å²) in [5, 5.41) is 0. The van der Waals surface area contributed by atoms with E-state index >= 15 is 0 Å². The molecular formula is C15H16O3. The highest BCUT2D eigenvalue weighted by atomic mass is 16.7. The Morgan fingerprint density at radius 2 is 2.11 bits per heavy atom. The molecule has 0 saturated carbocycles. The van der Waals surface area contributed by atoms with Crippen molar-refractivity contribution in [3.8, 4) is 0 Å². The van der Waals surface area contributed by atoms with Crippen LogP contribution in [0.25, 0.3) is 0 Å². The van der Waals surface area contributed by atoms with Crippen molar-refractivity contribution in [3.63, 3.8) is 0 Å². The largest absolute Gasteiger partial charge is 0.467 e. The minimum absolute atomic E-state index is 0.305. The van der Waals surface area contributed by atoms with Gasteiger partial charge in [0.2, 0.25) is 5.60 Å². The van der Waals surface area contributed by atoms with Gasteiger partial charge in [-0.25, -0.2) is 4.79 Å². The zero-order valence-electron chi connectivity index (χ0n) is 10.4. The quantitative estimate of drug-likeness (QED) is 0.456. The molecule has 2 atom stereocenters. The Kier molecular flexibility index (Phi) is 2.52. The second-order valence-electron chi connectivity index (χ2n) is 4.82. The van der Waals surface area contributed by atoms with Gasteiger partial charge >= 0.3 is 5.97 Å². The van der Waals surface area contributed by atoms with E-state index in [1.54, 1.807) is 0 Å². The Balaban J connectivity index is 2.06. The van der Waals surface area contributed by atoms with E-state index in [-0.39, 0.29) is 5.97 Å². The van der Waals surface area contributed by atoms with Gasteiger partial charge in [0.15, 0.2) is 0 Å². The molecule has 1 aliphatic carbocycles. The predicted molar refractivity (Wildman–Crippen MR) is 66.9 cm³/mol. The lowest BCUT2D eigenvalue weighted by molar-refractivity contribution is -0.147. The highest BCUT2D eigenvalue weighted by molar-refractivity contribution is 5.87. The summed E-state index contributed by atoms with van der Waals surface area (Å²) in [5.74, 6) is -0.305. The normalized spacial score (nSPS) is 33.4. The molecule has 18 heavy (non-hydrogen) atoms. The van der Waals surface area contributed by atoms with E-state index in [2.05, 4.69) is 6.08 Å². The van der Waals surface area contributed by atoms with Gasteiger partial charge in [-0.1, -0.05) is 42.5 Å². The molecule has 0 radical (unpaired) electrons. The molecule has 0 unspecified atom stereocenters. The van der Waals surface area contributed by atoms with Gasteiger partial charge in [-0.2, -0.15) is 0 Å². The molecule has 3 nitrogen and oxygen atoms in total. The fourth-order valence-electron chi connectivity index (χ4n) is 2.92. The van der Waals surface area contributed by atoms with Gasteiger partial charge < -0.3 is 9.47 Å². The first-order valence-electron chi connectivity index (χ1n) is 6.27. The van der Waals surface area contributed by atoms with Crippen LogP contribution in [0.1, 0.15) is 24.8 Å². The number of allylic oxidation sites excluding steroid dienone is 1. The van der Waals surface area contributed by atoms with Crippen molar-refractivity contribution in [1.29, 1.82) is 0 Å². The number of methoxy groups -OCH3 is 1. The summed E-state index contributed by atoms with van der Waals surface area (Å²) >= 11 is 0. The van der Waals surface area contributed by atoms with E-state index in [1.165, 1.54) is 7.11 Å². The van der Waals surface area contributed by atoms with Crippen molar-refractivity contribution in [2.75, 3.05) is 7.11 Å². The summed E-state index contributed by atoms with van der Waals surface area (Å²) in [6.45, 7) is 0. The lowest BCUT2D eigenvalue weighted by Gasteiger charge is -2.18. The van der Waals surface area contributed by atoms with E-state index in [0.29, 0.717) is 0 Å². The zero-order chi connectivity index (χ0) is 12.6. The van der Waals surface area contributed by atoms with Gasteiger partial charge in [0.1, 0.15) is 5.60 Å². The first kappa shape index (κ1) is 11.5. The molecule has 0 amide bonds. The van der Waals surface area contributed by atoms with E-state index in [9.17, 15) is 4.79 Å². The van der Waals surface area contributed by atoms with Crippen LogP contribution in [0.2, 0.25) is 0 Å². The van der Waals surface area contributed by atoms with Gasteiger partial charge in [-0.15, -0.1) is 0 Å². The molecular weight excluding hydrogens is 228 g/mol. The summed E-state index contributed by atoms with van der Waals surface area (Å²) < 4.78 is 10.9. The molecule has 1 aromatic carbocycles. The fourth-order valence-corrected chi connectivity index (χ4v) is 2.92. The molecule has 1 fully saturated rings. The average molecular weight is 244 g/mol. The predicted octanol–water partition coefficient (Wildman–Crippen LogP) is 2.56. The highest BCUT2D eigenvalue weighted by Crippen LogP contribution is 2.61. The highest BCUT2D eigenvalue weighted by Gasteiger charge is 2.75. The zero-order valence-corrected chi connectivity index (χ0v) is 10.4. The van der Waals surface area contributed by atoms with Crippen LogP contribution in [0.4, 0.5) is 0 Å². The lowest BCUT2D eigenvalue weighted by Crippen LogP contribution is -2.33. The van der Waals surface area contributed by atoms with E-state index in [1.807, 2.05) is 36.4 Å². The molecule has 0 bridgehead atoms. The summed E-state index contributed by atoms with van der Waals surface area (Å²) in [4.78, 5) is 12.2. The van der Waals surface area contributed by atoms with Gasteiger partial charge in [-0.05, 0) is 24.8 Å². The van der Waals surface area contributed by atoms with Crippen molar-refractivity contribution < 1.29 is 14.3 Å². The maximum absolute atomic E-state index is 12.2. The fraction of sp³-hybridized carbons (Fsp3) is 0.400. The molecule has 1 spiro atoms. The van der Waals surface area contributed by atoms with Crippen molar-refractivity contribution in [3.05, 3.63) is 48.0 Å². The molecule has 3 heteroatoms. The first-order valence-corrected chi connectivity index (χ1v) is 6.27. The number of epoxide rings is 1. The number of ether oxygens (including phenoxy) is 2. The topological polar surface area (TPSA) is 38.8 Å². The monoisotopic (exact) mass is 244 g/mol. The van der Waals surface area contributed by atoms with Gasteiger partial charge in [0.05, 0.1) is 7.11 Å². The first-order chi connectivity index (χ1) is 8.75. The van der Waals surface area contributed by atoms with Crippen LogP contribution in [-0.2, 0) is 19.9 Å². The number of benzene rings is 1. The number of esters is 1. The summed E-state index contributed by atoms with van der Waals surface area (Å²) in [7, 11) is 1.41. The minimum atomic E-state index is -0.931. The maximum atomic E-state index is 12.2. The molecule has 2 aliphatic rings. The number of rotatable bonds is 2. The van der Waals surface area contributed by atoms with Crippen molar-refractivity contribution in [2.24, 2.45) is 0 Å². The summed E-state index contributed by atoms with van der Waals surface area (Å²) in [5.41, 5.74) is -0.539. The third-order valence-electron chi connectivity index (χ3n) is 3.85. The van der Waals surface area contributed by atoms with E-state index < -0.39 is 11.2 Å². The third kappa shape index (κ3) is 1.37. The number of carbonyl (C=O) groups excluding carboxylic acids is 1. The number of hydrogen-bond acceptors (Lipinski definition) is 3. The van der Waals surface area contributed by atoms with Crippen LogP contribution in [-0.4, -0.2) is 18.7 Å². The molecule has 0 aromatic heterocycles. The van der Waals surface area contributed by atoms with E-state index in [4.69, 9.17) is 9.47 Å². The third-order valence-corrected chi connectivity index (χ3v) is 3.85. The van der Waals surface area contributed by atoms with Crippen LogP contribution >= 0.6 is 0 Å². The lowest BCUT2D eigenvalue weighted by atomic mass is 9.80. The van der Waals surface area contributed by atoms with Crippen molar-refractivity contribution in [1.82, 2.24) is 0 Å². The number of carbonyl (C=O) groups is 1. The van der Waals surface area contributed by atoms with Crippen molar-refractivity contribution >= 4 is 5.97 Å². The van der Waals surface area contributed by atoms with Crippen LogP contribution in [0.5, 0.6) is 0 Å². The van der Waals surface area contributed by atoms with Crippen molar-refractivity contribution in [2.45, 2.75) is 30.5 Å². The second-order valence-corrected chi connectivity index (χ2v) is 4.82. The molecule has 3 rings (SSSR count). The Hall–Kier alpha value is -1.61. The van der Waals surface area contributed by atoms with E-state index in [0.717, 1.165) is 24.8 Å². The number of hydrogen-bond donors (Lipinski definition) is 0. The molecule has 1 aliphatic heterocycles. The maximum Gasteiger partial charge on any atom is 0.346 e. The second kappa shape index (κ2) is 3.95. The Morgan fingerprint density at radius 3 is 2.72 bits per heavy atom. The SMILES string of the molecule is COC(=O)[C@]1(c2ccccc2)O[C@]12C=CCCC2. The Morgan fingerprint density at radius 1 is 1.33 bits per heavy atom. The molecule has 1 heterocycles. The van der Waals surface area contributed by atoms with Crippen LogP contribution in [0.3, 0.4) is 0 Å². The molecule has 1 saturated heterocycles. The molecule has 0 N–H and O–H groups in total. The van der Waals surface area contributed by atoms with Gasteiger partial charge in [0, 0.05) is 0 Å². The van der Waals surface area contributed by atoms with Crippen LogP contribution in [0, 0.1) is 0 Å². The van der Waals surface area contributed by atoms with Gasteiger partial charge in [0.25, 0.3) is 0 Å². The van der Waals surface area contributed by atoms with Crippen LogP contribution in [0.15, 0.2) is 42.5 Å². The average Bonchev–Trinajstić information content (AvgIpc) is 3.08. The summed E-state index contributed by atoms with van der Waals surface area (Å²) in [6, 6.07) is 9.62. The molecule has 94 valence electrons. The standard InChI is InChI=1S/C15H16O3/c1-17-13(16)15(12-8-4-2-5-9-12)14(18-15)10-6-3-7-11-14/h2,4-6,8-10H,3,7,11H2,1H3/t14-,15-/m0/s1. The molecule has 1 aromatic rings. The summed E-state index contributed by atoms with van der Waals surface area (Å²) in [6.07, 6.45) is 7.09. The minimum Gasteiger partial charge on any atom is -0.467 e. The smallest absolute Gasteiger partial charge is 0.346 e. The Bertz CT molecular complexity index is 494. The van der Waals surface area contributed by atoms with Gasteiger partial charge in [-0.3, -0.25) is 0 Å².